The van der Waals surface area contributed by atoms with E-state index < -0.39 is 178 Å². The van der Waals surface area contributed by atoms with Gasteiger partial charge < -0.3 is 57.8 Å². The van der Waals surface area contributed by atoms with Crippen LogP contribution in [0.5, 0.6) is 0 Å². The number of aliphatic carboxylic acids is 1. The zero-order valence-electron chi connectivity index (χ0n) is 41.1. The van der Waals surface area contributed by atoms with Gasteiger partial charge in [0.1, 0.15) is 6.61 Å². The number of ether oxygens (including phenoxy) is 10. The van der Waals surface area contributed by atoms with Gasteiger partial charge in [0, 0.05) is 77.9 Å². The van der Waals surface area contributed by atoms with Crippen molar-refractivity contribution in [2.45, 2.75) is 181 Å². The van der Waals surface area contributed by atoms with Gasteiger partial charge in [-0.25, -0.2) is 4.79 Å². The van der Waals surface area contributed by atoms with Gasteiger partial charge in [-0.15, -0.1) is 0 Å². The highest BCUT2D eigenvalue weighted by Crippen LogP contribution is 2.25. The lowest BCUT2D eigenvalue weighted by Gasteiger charge is -2.35. The van der Waals surface area contributed by atoms with E-state index in [9.17, 15) is 67.4 Å². The Hall–Kier alpha value is -6.53. The maximum Gasteiger partial charge on any atom is 0.351 e. The molecule has 0 spiro atoms. The van der Waals surface area contributed by atoms with Crippen LogP contribution >= 0.6 is 0 Å². The fourth-order valence-electron chi connectivity index (χ4n) is 5.59. The van der Waals surface area contributed by atoms with Crippen molar-refractivity contribution in [3.8, 4) is 0 Å². The summed E-state index contributed by atoms with van der Waals surface area (Å²) in [6.45, 7) is 9.67. The lowest BCUT2D eigenvalue weighted by Crippen LogP contribution is -2.58. The van der Waals surface area contributed by atoms with Crippen LogP contribution in [0.15, 0.2) is 0 Å². The Kier molecular flexibility index (Phi) is 31.5. The minimum atomic E-state index is -2.29. The number of carbonyl (C=O) groups is 13. The number of esters is 9. The number of ketones is 2. The zero-order chi connectivity index (χ0) is 53.5. The summed E-state index contributed by atoms with van der Waals surface area (Å²) in [5.41, 5.74) is 0. The van der Waals surface area contributed by atoms with Gasteiger partial charge >= 0.3 is 59.7 Å². The Labute approximate surface area is 404 Å². The maximum atomic E-state index is 14.2. The summed E-state index contributed by atoms with van der Waals surface area (Å²) in [7, 11) is 1.29. The highest BCUT2D eigenvalue weighted by molar-refractivity contribution is 5.91. The predicted octanol–water partition coefficient (Wildman–Crippen LogP) is 1.65. The quantitative estimate of drug-likeness (QED) is 0.0512. The zero-order valence-corrected chi connectivity index (χ0v) is 41.1. The number of carboxylic acids is 1. The smallest absolute Gasteiger partial charge is 0.351 e. The van der Waals surface area contributed by atoms with Gasteiger partial charge in [-0.1, -0.05) is 55.4 Å². The summed E-state index contributed by atoms with van der Waals surface area (Å²) in [6, 6.07) is 0. The van der Waals surface area contributed by atoms with Crippen molar-refractivity contribution in [3.05, 3.63) is 0 Å². The second kappa shape index (κ2) is 34.7. The van der Waals surface area contributed by atoms with Crippen molar-refractivity contribution in [1.82, 2.24) is 5.32 Å². The molecule has 0 aromatic heterocycles. The van der Waals surface area contributed by atoms with Gasteiger partial charge in [-0.2, -0.15) is 0 Å². The Bertz CT molecular complexity index is 1810. The lowest BCUT2D eigenvalue weighted by atomic mass is 9.95. The third-order valence-corrected chi connectivity index (χ3v) is 9.40. The van der Waals surface area contributed by atoms with Gasteiger partial charge in [0.2, 0.25) is 24.4 Å². The number of carbonyl (C=O) groups excluding carboxylic acids is 12. The van der Waals surface area contributed by atoms with E-state index in [1.807, 2.05) is 0 Å². The molecular formula is C45H67NO24. The molecule has 25 heteroatoms. The minimum absolute atomic E-state index is 0.137. The predicted molar refractivity (Wildman–Crippen MR) is 233 cm³/mol. The first-order valence-electron chi connectivity index (χ1n) is 22.9. The highest BCUT2D eigenvalue weighted by atomic mass is 16.7. The van der Waals surface area contributed by atoms with Gasteiger partial charge in [0.25, 0.3) is 5.91 Å². The molecule has 396 valence electrons. The minimum Gasteiger partial charge on any atom is -0.481 e. The monoisotopic (exact) mass is 1010 g/mol. The molecule has 0 fully saturated rings. The van der Waals surface area contributed by atoms with Crippen LogP contribution in [0.25, 0.3) is 0 Å². The molecule has 0 heterocycles. The molecule has 0 saturated carbocycles. The van der Waals surface area contributed by atoms with E-state index in [-0.39, 0.29) is 45.1 Å². The van der Waals surface area contributed by atoms with Crippen molar-refractivity contribution in [1.29, 1.82) is 0 Å². The molecule has 2 N–H and O–H groups in total. The number of amides is 1. The molecular weight excluding hydrogens is 938 g/mol. The Morgan fingerprint density at radius 3 is 1.07 bits per heavy atom. The molecule has 0 rings (SSSR count). The molecule has 0 aromatic rings. The normalized spacial score (nSPS) is 14.2. The number of carboxylic acid groups (broad SMARTS) is 1. The van der Waals surface area contributed by atoms with E-state index in [4.69, 9.17) is 47.4 Å². The molecule has 0 saturated heterocycles. The van der Waals surface area contributed by atoms with E-state index >= 15 is 0 Å². The number of Topliss-reactive ketones (excluding diaryl/α,β-unsaturated/α-hetero) is 2. The second-order valence-corrected chi connectivity index (χ2v) is 14.7. The Morgan fingerprint density at radius 2 is 0.714 bits per heavy atom. The summed E-state index contributed by atoms with van der Waals surface area (Å²) in [6.07, 6.45) is -23.3. The fraction of sp³-hybridized carbons (Fsp3) is 0.711. The van der Waals surface area contributed by atoms with Crippen molar-refractivity contribution < 1.29 is 115 Å². The standard InChI is InChI=1S/C45H67NO24/c1-10-28(51)63-36(39(66-31(54)13-4)41(68-33(56)15-6)43(70-35(58)17-8)45(60)62-24-23-61-9)25(47)19-18-22-46-44(59)42(69-34(57)16-7)40(67-32(55)14-5)38(65-30(53)12-3)37(64-29(52)11-2)26(48)20-21-27(49)50/h36-43H,10-24H2,1-9H3,(H,46,59)(H,49,50). The van der Waals surface area contributed by atoms with E-state index in [2.05, 4.69) is 5.32 Å². The molecule has 0 aliphatic heterocycles. The van der Waals surface area contributed by atoms with Crippen LogP contribution < -0.4 is 5.32 Å². The Morgan fingerprint density at radius 1 is 0.400 bits per heavy atom. The van der Waals surface area contributed by atoms with Crippen LogP contribution in [0, 0.1) is 0 Å². The van der Waals surface area contributed by atoms with Crippen LogP contribution in [-0.4, -0.2) is 158 Å². The molecule has 0 aliphatic rings. The largest absolute Gasteiger partial charge is 0.481 e. The van der Waals surface area contributed by atoms with Gasteiger partial charge in [0.15, 0.2) is 36.0 Å². The number of methoxy groups -OCH3 is 1. The average molecular weight is 1010 g/mol. The van der Waals surface area contributed by atoms with Gasteiger partial charge in [-0.05, 0) is 6.42 Å². The molecule has 8 unspecified atom stereocenters. The van der Waals surface area contributed by atoms with Crippen molar-refractivity contribution in [2.75, 3.05) is 26.9 Å². The molecule has 0 radical (unpaired) electrons. The topological polar surface area (TPSA) is 346 Å². The fourth-order valence-corrected chi connectivity index (χ4v) is 5.59. The van der Waals surface area contributed by atoms with E-state index in [0.717, 1.165) is 0 Å². The van der Waals surface area contributed by atoms with Crippen LogP contribution in [0.3, 0.4) is 0 Å². The van der Waals surface area contributed by atoms with Crippen molar-refractivity contribution in [2.24, 2.45) is 0 Å². The second-order valence-electron chi connectivity index (χ2n) is 14.7. The first kappa shape index (κ1) is 63.5. The van der Waals surface area contributed by atoms with Crippen molar-refractivity contribution >= 4 is 77.2 Å². The van der Waals surface area contributed by atoms with E-state index in [0.29, 0.717) is 0 Å². The summed E-state index contributed by atoms with van der Waals surface area (Å²) >= 11 is 0. The third-order valence-electron chi connectivity index (χ3n) is 9.40. The number of nitrogens with one attached hydrogen (secondary N) is 1. The summed E-state index contributed by atoms with van der Waals surface area (Å²) in [5, 5.41) is 11.6. The van der Waals surface area contributed by atoms with Crippen LogP contribution in [0.2, 0.25) is 0 Å². The number of hydrogen-bond donors (Lipinski definition) is 2. The summed E-state index contributed by atoms with van der Waals surface area (Å²) in [5.74, 6) is -14.8. The van der Waals surface area contributed by atoms with Crippen LogP contribution in [0.1, 0.15) is 132 Å². The Balaban J connectivity index is 7.46. The first-order valence-corrected chi connectivity index (χ1v) is 22.9. The van der Waals surface area contributed by atoms with Crippen molar-refractivity contribution in [3.63, 3.8) is 0 Å². The van der Waals surface area contributed by atoms with Crippen LogP contribution in [0.4, 0.5) is 0 Å². The van der Waals surface area contributed by atoms with Crippen LogP contribution in [-0.2, 0) is 110 Å². The first-order chi connectivity index (χ1) is 33.1. The molecule has 70 heavy (non-hydrogen) atoms. The molecule has 0 bridgehead atoms. The number of rotatable bonds is 36. The summed E-state index contributed by atoms with van der Waals surface area (Å²) < 4.78 is 53.5. The highest BCUT2D eigenvalue weighted by Gasteiger charge is 2.51. The third kappa shape index (κ3) is 23.2. The molecule has 25 nitrogen and oxygen atoms in total. The molecule has 1 amide bonds. The SMILES string of the molecule is CCC(=O)OC(C(=O)CCC(=O)O)C(OC(=O)CC)C(OC(=O)CC)C(OC(=O)CC)C(=O)NCCCC(=O)C(OC(=O)CC)C(OC(=O)CC)C(OC(=O)CC)C(OC(=O)CC)C(=O)OCCOC. The van der Waals surface area contributed by atoms with E-state index in [1.165, 1.54) is 62.5 Å². The molecule has 8 atom stereocenters. The van der Waals surface area contributed by atoms with Gasteiger partial charge in [-0.3, -0.25) is 57.5 Å². The lowest BCUT2D eigenvalue weighted by molar-refractivity contribution is -0.207. The molecule has 0 aliphatic carbocycles. The average Bonchev–Trinajstić information content (AvgIpc) is 3.35. The molecule has 0 aromatic carbocycles. The maximum absolute atomic E-state index is 14.2. The summed E-state index contributed by atoms with van der Waals surface area (Å²) in [4.78, 5) is 169. The van der Waals surface area contributed by atoms with Gasteiger partial charge in [0.05, 0.1) is 13.0 Å². The van der Waals surface area contributed by atoms with E-state index in [1.54, 1.807) is 0 Å². The number of hydrogen-bond acceptors (Lipinski definition) is 23.